The summed E-state index contributed by atoms with van der Waals surface area (Å²) < 4.78 is 7.07. The molecule has 1 aliphatic heterocycles. The molecule has 0 N–H and O–H groups in total. The molecule has 0 fully saturated rings. The molecule has 0 amide bonds. The van der Waals surface area contributed by atoms with Crippen LogP contribution in [0.1, 0.15) is 39.4 Å². The van der Waals surface area contributed by atoms with Gasteiger partial charge < -0.3 is 4.74 Å². The van der Waals surface area contributed by atoms with Crippen LogP contribution >= 0.6 is 0 Å². The Morgan fingerprint density at radius 1 is 0.536 bits per heavy atom. The smallest absolute Gasteiger partial charge is 0.160 e. The summed E-state index contributed by atoms with van der Waals surface area (Å²) >= 11 is 0. The molecule has 5 aromatic carbocycles. The van der Waals surface area contributed by atoms with Crippen LogP contribution < -0.4 is 4.74 Å². The van der Waals surface area contributed by atoms with Gasteiger partial charge in [0.15, 0.2) is 5.82 Å². The zero-order valence-electron chi connectivity index (χ0n) is 30.5. The average Bonchev–Trinajstić information content (AvgIpc) is 3.56. The second kappa shape index (κ2) is 12.8. The predicted molar refractivity (Wildman–Crippen MR) is 223 cm³/mol. The molecular formula is C52H35N3O. The van der Waals surface area contributed by atoms with Crippen LogP contribution in [0.4, 0.5) is 0 Å². The Balaban J connectivity index is 1.12. The fourth-order valence-corrected chi connectivity index (χ4v) is 9.76. The van der Waals surface area contributed by atoms with E-state index in [1.54, 1.807) is 0 Å². The summed E-state index contributed by atoms with van der Waals surface area (Å²) in [6.45, 7) is 0. The lowest BCUT2D eigenvalue weighted by atomic mass is 9.61. The van der Waals surface area contributed by atoms with Crippen LogP contribution in [0.25, 0.3) is 39.3 Å². The number of benzene rings is 5. The van der Waals surface area contributed by atoms with Crippen molar-refractivity contribution >= 4 is 5.57 Å². The first kappa shape index (κ1) is 32.3. The zero-order valence-corrected chi connectivity index (χ0v) is 30.5. The number of allylic oxidation sites excluding steroid dienone is 12. The summed E-state index contributed by atoms with van der Waals surface area (Å²) in [5.41, 5.74) is 11.9. The molecule has 264 valence electrons. The first-order chi connectivity index (χ1) is 27.7. The molecular weight excluding hydrogens is 683 g/mol. The molecule has 56 heavy (non-hydrogen) atoms. The summed E-state index contributed by atoms with van der Waals surface area (Å²) in [6.07, 6.45) is 24.5. The molecule has 4 aliphatic carbocycles. The van der Waals surface area contributed by atoms with Crippen molar-refractivity contribution in [2.24, 2.45) is 17.8 Å². The molecule has 4 nitrogen and oxygen atoms in total. The van der Waals surface area contributed by atoms with Crippen molar-refractivity contribution in [3.05, 3.63) is 222 Å². The lowest BCUT2D eigenvalue weighted by Gasteiger charge is -2.43. The molecule has 0 saturated carbocycles. The average molecular weight is 718 g/mol. The topological polar surface area (TPSA) is 58.8 Å². The third-order valence-corrected chi connectivity index (χ3v) is 12.2. The second-order valence-electron chi connectivity index (χ2n) is 15.1. The summed E-state index contributed by atoms with van der Waals surface area (Å²) in [7, 11) is 0. The van der Waals surface area contributed by atoms with Gasteiger partial charge in [0.1, 0.15) is 11.5 Å². The first-order valence-corrected chi connectivity index (χ1v) is 19.3. The Labute approximate surface area is 326 Å². The summed E-state index contributed by atoms with van der Waals surface area (Å²) in [4.78, 5) is 10.6. The molecule has 0 saturated heterocycles. The third-order valence-electron chi connectivity index (χ3n) is 12.2. The molecule has 5 atom stereocenters. The van der Waals surface area contributed by atoms with Crippen LogP contribution in [0.15, 0.2) is 188 Å². The van der Waals surface area contributed by atoms with Crippen LogP contribution in [0, 0.1) is 29.1 Å². The summed E-state index contributed by atoms with van der Waals surface area (Å²) in [6, 6.07) is 44.7. The van der Waals surface area contributed by atoms with Crippen LogP contribution in [0.2, 0.25) is 0 Å². The highest BCUT2D eigenvalue weighted by molar-refractivity contribution is 5.79. The van der Waals surface area contributed by atoms with E-state index in [9.17, 15) is 5.26 Å². The van der Waals surface area contributed by atoms with E-state index in [1.807, 2.05) is 24.3 Å². The normalized spacial score (nSPS) is 22.9. The minimum absolute atomic E-state index is 0.144. The van der Waals surface area contributed by atoms with E-state index in [-0.39, 0.29) is 17.8 Å². The Kier molecular flexibility index (Phi) is 7.37. The van der Waals surface area contributed by atoms with Crippen molar-refractivity contribution in [2.45, 2.75) is 11.3 Å². The van der Waals surface area contributed by atoms with Gasteiger partial charge in [-0.2, -0.15) is 5.26 Å². The maximum atomic E-state index is 9.69. The Bertz CT molecular complexity index is 2830. The van der Waals surface area contributed by atoms with Gasteiger partial charge in [-0.3, -0.25) is 0 Å². The predicted octanol–water partition coefficient (Wildman–Crippen LogP) is 11.9. The van der Waals surface area contributed by atoms with Crippen molar-refractivity contribution in [2.75, 3.05) is 0 Å². The van der Waals surface area contributed by atoms with Gasteiger partial charge in [0, 0.05) is 45.9 Å². The molecule has 1 spiro atoms. The summed E-state index contributed by atoms with van der Waals surface area (Å²) in [5, 5.41) is 9.69. The standard InChI is InChI=1S/C52H35N3O/c53-32-33-12-10-17-36(28-33)37-24-26-45-49(29-37)56-50-30-38(25-27-46(50)52(45)43-22-8-6-19-40(43)41-20-7-9-23-44(41)52)51-54-47(35-14-2-1-3-15-35)31-48(55-51)42-21-11-16-34-13-4-5-18-39(34)42/h1-31,34,39-40,43H. The molecule has 11 rings (SSSR count). The quantitative estimate of drug-likeness (QED) is 0.182. The first-order valence-electron chi connectivity index (χ1n) is 19.3. The zero-order chi connectivity index (χ0) is 37.2. The van der Waals surface area contributed by atoms with Gasteiger partial charge in [-0.15, -0.1) is 0 Å². The number of nitriles is 1. The highest BCUT2D eigenvalue weighted by Gasteiger charge is 2.56. The van der Waals surface area contributed by atoms with Crippen LogP contribution in [0.5, 0.6) is 11.5 Å². The minimum atomic E-state index is -0.496. The Morgan fingerprint density at radius 3 is 2.07 bits per heavy atom. The number of nitrogens with zero attached hydrogens (tertiary/aromatic N) is 3. The molecule has 0 radical (unpaired) electrons. The highest BCUT2D eigenvalue weighted by atomic mass is 16.5. The van der Waals surface area contributed by atoms with Crippen LogP contribution in [-0.2, 0) is 5.41 Å². The van der Waals surface area contributed by atoms with Crippen LogP contribution in [-0.4, -0.2) is 9.97 Å². The molecule has 2 heterocycles. The van der Waals surface area contributed by atoms with Crippen molar-refractivity contribution in [1.82, 2.24) is 9.97 Å². The van der Waals surface area contributed by atoms with E-state index < -0.39 is 5.41 Å². The van der Waals surface area contributed by atoms with Crippen molar-refractivity contribution < 1.29 is 4.74 Å². The van der Waals surface area contributed by atoms with Crippen molar-refractivity contribution in [3.8, 4) is 51.3 Å². The Morgan fingerprint density at radius 2 is 1.21 bits per heavy atom. The van der Waals surface area contributed by atoms with E-state index in [4.69, 9.17) is 14.7 Å². The number of fused-ring (bicyclic) bond motifs is 10. The lowest BCUT2D eigenvalue weighted by Crippen LogP contribution is -2.37. The third kappa shape index (κ3) is 4.91. The van der Waals surface area contributed by atoms with Gasteiger partial charge in [0.2, 0.25) is 0 Å². The van der Waals surface area contributed by atoms with Gasteiger partial charge in [-0.25, -0.2) is 9.97 Å². The van der Waals surface area contributed by atoms with Gasteiger partial charge in [0.25, 0.3) is 0 Å². The van der Waals surface area contributed by atoms with Gasteiger partial charge >= 0.3 is 0 Å². The lowest BCUT2D eigenvalue weighted by molar-refractivity contribution is 0.374. The van der Waals surface area contributed by atoms with E-state index in [2.05, 4.69) is 170 Å². The fourth-order valence-electron chi connectivity index (χ4n) is 9.76. The molecule has 4 heteroatoms. The summed E-state index contributed by atoms with van der Waals surface area (Å²) in [5.74, 6) is 3.13. The van der Waals surface area contributed by atoms with Gasteiger partial charge in [0.05, 0.1) is 28.4 Å². The van der Waals surface area contributed by atoms with E-state index in [1.165, 1.54) is 16.7 Å². The molecule has 0 bridgehead atoms. The number of hydrogen-bond donors (Lipinski definition) is 0. The number of rotatable bonds is 4. The van der Waals surface area contributed by atoms with Gasteiger partial charge in [-0.1, -0.05) is 158 Å². The highest BCUT2D eigenvalue weighted by Crippen LogP contribution is 2.65. The number of aromatic nitrogens is 2. The van der Waals surface area contributed by atoms with Crippen molar-refractivity contribution in [1.29, 1.82) is 5.26 Å². The Hall–Kier alpha value is -7.09. The molecule has 5 unspecified atom stereocenters. The molecule has 6 aromatic rings. The van der Waals surface area contributed by atoms with E-state index in [0.29, 0.717) is 17.3 Å². The maximum absolute atomic E-state index is 9.69. The van der Waals surface area contributed by atoms with E-state index in [0.717, 1.165) is 56.3 Å². The molecule has 1 aromatic heterocycles. The largest absolute Gasteiger partial charge is 0.457 e. The van der Waals surface area contributed by atoms with Crippen LogP contribution in [0.3, 0.4) is 0 Å². The van der Waals surface area contributed by atoms with E-state index >= 15 is 0 Å². The fraction of sp³-hybridized carbons (Fsp3) is 0.0962. The maximum Gasteiger partial charge on any atom is 0.160 e. The minimum Gasteiger partial charge on any atom is -0.457 e. The van der Waals surface area contributed by atoms with Crippen molar-refractivity contribution in [3.63, 3.8) is 0 Å². The van der Waals surface area contributed by atoms with Gasteiger partial charge in [-0.05, 0) is 58.2 Å². The number of hydrogen-bond acceptors (Lipinski definition) is 4. The monoisotopic (exact) mass is 717 g/mol. The second-order valence-corrected chi connectivity index (χ2v) is 15.1. The molecule has 5 aliphatic rings. The SMILES string of the molecule is N#Cc1cccc(-c2ccc3c(c2)Oc2cc(-c4nc(C5=CC=CC6C=CC=CC56)cc(-c5ccccc5)n4)ccc2C32c3ccccc3C3C=CC=CC32)c1. The number of ether oxygens (including phenoxy) is 1.